The Labute approximate surface area is 114 Å². The summed E-state index contributed by atoms with van der Waals surface area (Å²) < 4.78 is 1.75. The Morgan fingerprint density at radius 3 is 2.60 bits per heavy atom. The van der Waals surface area contributed by atoms with Crippen molar-refractivity contribution in [1.29, 1.82) is 0 Å². The largest absolute Gasteiger partial charge is 0.506 e. The zero-order valence-corrected chi connectivity index (χ0v) is 10.5. The maximum Gasteiger partial charge on any atom is 0.138 e. The third-order valence-electron chi connectivity index (χ3n) is 3.15. The minimum Gasteiger partial charge on any atom is -0.506 e. The van der Waals surface area contributed by atoms with E-state index in [-0.39, 0.29) is 0 Å². The lowest BCUT2D eigenvalue weighted by molar-refractivity contribution is 0.840. The lowest BCUT2D eigenvalue weighted by Crippen LogP contribution is -1.94. The SMILES string of the molecule is c1ccc(-c2c(-c3ccccn3)nc3cn[n-]n23)cc1. The summed E-state index contributed by atoms with van der Waals surface area (Å²) in [4.78, 5) is 8.98. The summed E-state index contributed by atoms with van der Waals surface area (Å²) in [5.41, 5.74) is 4.33. The van der Waals surface area contributed by atoms with E-state index in [0.29, 0.717) is 0 Å². The summed E-state index contributed by atoms with van der Waals surface area (Å²) in [5, 5.41) is 8.03. The van der Waals surface area contributed by atoms with Gasteiger partial charge in [0, 0.05) is 12.4 Å². The smallest absolute Gasteiger partial charge is 0.138 e. The fourth-order valence-corrected chi connectivity index (χ4v) is 2.27. The van der Waals surface area contributed by atoms with Crippen LogP contribution in [0.15, 0.2) is 60.9 Å². The zero-order valence-electron chi connectivity index (χ0n) is 10.5. The van der Waals surface area contributed by atoms with E-state index < -0.39 is 0 Å². The van der Waals surface area contributed by atoms with Crippen LogP contribution in [0.1, 0.15) is 0 Å². The molecule has 0 bridgehead atoms. The van der Waals surface area contributed by atoms with Crippen LogP contribution in [0.3, 0.4) is 0 Å². The molecule has 5 heteroatoms. The molecule has 0 fully saturated rings. The van der Waals surface area contributed by atoms with Gasteiger partial charge in [0.1, 0.15) is 11.3 Å². The van der Waals surface area contributed by atoms with Gasteiger partial charge in [0.2, 0.25) is 0 Å². The number of hydrogen-bond donors (Lipinski definition) is 0. The molecule has 3 heterocycles. The Morgan fingerprint density at radius 2 is 1.80 bits per heavy atom. The van der Waals surface area contributed by atoms with Gasteiger partial charge in [-0.15, -0.1) is 0 Å². The molecular formula is C15H10N5-. The number of rotatable bonds is 2. The highest BCUT2D eigenvalue weighted by atomic mass is 15.4. The van der Waals surface area contributed by atoms with E-state index >= 15 is 0 Å². The quantitative estimate of drug-likeness (QED) is 0.555. The monoisotopic (exact) mass is 260 g/mol. The third kappa shape index (κ3) is 1.60. The third-order valence-corrected chi connectivity index (χ3v) is 3.15. The van der Waals surface area contributed by atoms with Gasteiger partial charge in [-0.1, -0.05) is 36.4 Å². The molecular weight excluding hydrogens is 250 g/mol. The average Bonchev–Trinajstić information content (AvgIpc) is 3.09. The van der Waals surface area contributed by atoms with Crippen molar-refractivity contribution in [2.75, 3.05) is 0 Å². The van der Waals surface area contributed by atoms with Crippen molar-refractivity contribution in [3.05, 3.63) is 60.9 Å². The molecule has 0 saturated heterocycles. The van der Waals surface area contributed by atoms with E-state index in [2.05, 4.69) is 20.3 Å². The van der Waals surface area contributed by atoms with E-state index in [0.717, 1.165) is 28.3 Å². The highest BCUT2D eigenvalue weighted by Gasteiger charge is 2.14. The van der Waals surface area contributed by atoms with Gasteiger partial charge in [0.05, 0.1) is 11.4 Å². The van der Waals surface area contributed by atoms with Gasteiger partial charge in [-0.05, 0) is 17.7 Å². The van der Waals surface area contributed by atoms with Crippen molar-refractivity contribution in [3.63, 3.8) is 0 Å². The van der Waals surface area contributed by atoms with Crippen LogP contribution in [0.4, 0.5) is 0 Å². The average molecular weight is 260 g/mol. The van der Waals surface area contributed by atoms with Crippen LogP contribution in [-0.2, 0) is 0 Å². The second kappa shape index (κ2) is 4.31. The molecule has 96 valence electrons. The molecule has 4 rings (SSSR count). The van der Waals surface area contributed by atoms with E-state index in [9.17, 15) is 0 Å². The minimum atomic E-state index is 0.726. The Kier molecular flexibility index (Phi) is 2.35. The van der Waals surface area contributed by atoms with Crippen molar-refractivity contribution in [3.8, 4) is 22.6 Å². The zero-order chi connectivity index (χ0) is 13.4. The van der Waals surface area contributed by atoms with Crippen LogP contribution in [0.2, 0.25) is 0 Å². The Hall–Kier alpha value is -2.95. The van der Waals surface area contributed by atoms with Gasteiger partial charge >= 0.3 is 0 Å². The summed E-state index contributed by atoms with van der Waals surface area (Å²) in [6.45, 7) is 0. The predicted molar refractivity (Wildman–Crippen MR) is 75.0 cm³/mol. The first-order chi connectivity index (χ1) is 9.93. The van der Waals surface area contributed by atoms with Crippen LogP contribution in [0.5, 0.6) is 0 Å². The fraction of sp³-hybridized carbons (Fsp3) is 0. The van der Waals surface area contributed by atoms with Crippen molar-refractivity contribution in [2.24, 2.45) is 0 Å². The summed E-state index contributed by atoms with van der Waals surface area (Å²) in [7, 11) is 0. The topological polar surface area (TPSA) is 57.2 Å². The normalized spacial score (nSPS) is 11.0. The number of benzene rings is 1. The summed E-state index contributed by atoms with van der Waals surface area (Å²) >= 11 is 0. The molecule has 0 saturated carbocycles. The lowest BCUT2D eigenvalue weighted by Gasteiger charge is -2.08. The number of nitrogens with zero attached hydrogens (tertiary/aromatic N) is 5. The van der Waals surface area contributed by atoms with Crippen LogP contribution in [0.25, 0.3) is 28.3 Å². The van der Waals surface area contributed by atoms with E-state index in [1.54, 1.807) is 16.9 Å². The highest BCUT2D eigenvalue weighted by Crippen LogP contribution is 2.30. The molecule has 1 aromatic carbocycles. The maximum atomic E-state index is 4.59. The molecule has 0 aliphatic heterocycles. The first kappa shape index (κ1) is 10.9. The second-order valence-corrected chi connectivity index (χ2v) is 4.39. The van der Waals surface area contributed by atoms with Gasteiger partial charge in [0.15, 0.2) is 0 Å². The molecule has 0 atom stereocenters. The van der Waals surface area contributed by atoms with E-state index in [4.69, 9.17) is 0 Å². The molecule has 4 aromatic rings. The van der Waals surface area contributed by atoms with Crippen molar-refractivity contribution in [1.82, 2.24) is 24.8 Å². The standard InChI is InChI=1S/C15H10N5/c1-2-6-11(7-3-1)15-14(12-8-4-5-9-16-12)18-13-10-17-19-20(13)15/h1-10H/q-1. The van der Waals surface area contributed by atoms with E-state index in [1.807, 2.05) is 48.5 Å². The van der Waals surface area contributed by atoms with Crippen molar-refractivity contribution >= 4 is 5.65 Å². The molecule has 0 aliphatic carbocycles. The molecule has 5 nitrogen and oxygen atoms in total. The highest BCUT2D eigenvalue weighted by molar-refractivity contribution is 5.79. The molecule has 0 aliphatic rings. The molecule has 0 unspecified atom stereocenters. The molecule has 20 heavy (non-hydrogen) atoms. The summed E-state index contributed by atoms with van der Waals surface area (Å²) in [6.07, 6.45) is 3.42. The first-order valence-corrected chi connectivity index (χ1v) is 6.27. The Morgan fingerprint density at radius 1 is 0.950 bits per heavy atom. The van der Waals surface area contributed by atoms with Gasteiger partial charge in [-0.2, -0.15) is 0 Å². The minimum absolute atomic E-state index is 0.726. The summed E-state index contributed by atoms with van der Waals surface area (Å²) in [6, 6.07) is 15.8. The second-order valence-electron chi connectivity index (χ2n) is 4.39. The Balaban J connectivity index is 2.05. The van der Waals surface area contributed by atoms with Crippen LogP contribution < -0.4 is 5.21 Å². The maximum absolute atomic E-state index is 4.59. The first-order valence-electron chi connectivity index (χ1n) is 6.27. The molecule has 0 amide bonds. The van der Waals surface area contributed by atoms with Gasteiger partial charge in [0.25, 0.3) is 0 Å². The lowest BCUT2D eigenvalue weighted by atomic mass is 10.1. The molecule has 3 aromatic heterocycles. The van der Waals surface area contributed by atoms with Crippen LogP contribution in [0, 0.1) is 0 Å². The Bertz CT molecular complexity index is 846. The van der Waals surface area contributed by atoms with Crippen molar-refractivity contribution in [2.45, 2.75) is 0 Å². The molecule has 0 spiro atoms. The molecule has 0 N–H and O–H groups in total. The fourth-order valence-electron chi connectivity index (χ4n) is 2.27. The van der Waals surface area contributed by atoms with Crippen LogP contribution in [-0.4, -0.2) is 19.6 Å². The predicted octanol–water partition coefficient (Wildman–Crippen LogP) is 2.42. The number of aromatic nitrogens is 5. The number of fused-ring (bicyclic) bond motifs is 1. The number of pyridine rings is 1. The van der Waals surface area contributed by atoms with Gasteiger partial charge in [-0.3, -0.25) is 4.98 Å². The molecule has 0 radical (unpaired) electrons. The van der Waals surface area contributed by atoms with Gasteiger partial charge in [-0.25, -0.2) is 4.98 Å². The van der Waals surface area contributed by atoms with Gasteiger partial charge < -0.3 is 14.8 Å². The van der Waals surface area contributed by atoms with Crippen LogP contribution >= 0.6 is 0 Å². The number of imidazole rings is 1. The van der Waals surface area contributed by atoms with Crippen molar-refractivity contribution < 1.29 is 0 Å². The number of hydrogen-bond acceptors (Lipinski definition) is 3. The summed E-state index contributed by atoms with van der Waals surface area (Å²) in [5.74, 6) is 0. The van der Waals surface area contributed by atoms with E-state index in [1.165, 1.54) is 0 Å².